The maximum absolute atomic E-state index is 12.2. The number of nitrogens with zero attached hydrogens (tertiary/aromatic N) is 1. The summed E-state index contributed by atoms with van der Waals surface area (Å²) < 4.78 is 10.4. The Hall–Kier alpha value is -2.12. The molecule has 7 heteroatoms. The number of fused-ring (bicyclic) bond motifs is 1. The molecule has 0 fully saturated rings. The van der Waals surface area contributed by atoms with Crippen molar-refractivity contribution in [3.8, 4) is 11.5 Å². The lowest BCUT2D eigenvalue weighted by atomic mass is 10.1. The van der Waals surface area contributed by atoms with Crippen molar-refractivity contribution in [2.24, 2.45) is 11.5 Å². The van der Waals surface area contributed by atoms with Gasteiger partial charge < -0.3 is 25.8 Å². The van der Waals surface area contributed by atoms with Crippen LogP contribution in [0.4, 0.5) is 0 Å². The van der Waals surface area contributed by atoms with E-state index >= 15 is 0 Å². The van der Waals surface area contributed by atoms with Gasteiger partial charge in [-0.15, -0.1) is 0 Å². The Balaban J connectivity index is 1.94. The maximum atomic E-state index is 12.2. The zero-order valence-corrected chi connectivity index (χ0v) is 12.6. The molecule has 0 saturated carbocycles. The summed E-state index contributed by atoms with van der Waals surface area (Å²) >= 11 is 0. The lowest BCUT2D eigenvalue weighted by molar-refractivity contribution is -0.131. The molecule has 1 amide bonds. The molecule has 2 rings (SSSR count). The van der Waals surface area contributed by atoms with Crippen LogP contribution in [0.5, 0.6) is 11.5 Å². The minimum Gasteiger partial charge on any atom is -0.454 e. The van der Waals surface area contributed by atoms with Crippen LogP contribution in [0.3, 0.4) is 0 Å². The van der Waals surface area contributed by atoms with Crippen molar-refractivity contribution >= 4 is 11.7 Å². The molecule has 0 aliphatic carbocycles. The third-order valence-corrected chi connectivity index (χ3v) is 3.49. The van der Waals surface area contributed by atoms with E-state index in [1.165, 1.54) is 4.90 Å². The number of rotatable bonds is 7. The fourth-order valence-corrected chi connectivity index (χ4v) is 2.20. The fraction of sp³-hybridized carbons (Fsp3) is 0.467. The topological polar surface area (TPSA) is 108 Å². The predicted octanol–water partition coefficient (Wildman–Crippen LogP) is 0.123. The van der Waals surface area contributed by atoms with Crippen LogP contribution in [-0.2, 0) is 4.79 Å². The molecule has 1 atom stereocenters. The molecule has 1 aliphatic heterocycles. The first-order chi connectivity index (χ1) is 10.5. The number of likely N-dealkylation sites (N-methyl/N-ethyl adjacent to an activating group) is 1. The zero-order valence-electron chi connectivity index (χ0n) is 12.6. The van der Waals surface area contributed by atoms with Gasteiger partial charge >= 0.3 is 0 Å². The minimum atomic E-state index is -0.627. The SMILES string of the molecule is CN(CC(=O)c1ccc2c(c1)OCO2)C(=O)C(N)CCCN. The molecule has 7 nitrogen and oxygen atoms in total. The van der Waals surface area contributed by atoms with Crippen LogP contribution in [0.25, 0.3) is 0 Å². The van der Waals surface area contributed by atoms with Gasteiger partial charge in [-0.1, -0.05) is 0 Å². The number of Topliss-reactive ketones (excluding diaryl/α,β-unsaturated/α-hetero) is 1. The Morgan fingerprint density at radius 1 is 1.32 bits per heavy atom. The van der Waals surface area contributed by atoms with Gasteiger partial charge in [0, 0.05) is 12.6 Å². The predicted molar refractivity (Wildman–Crippen MR) is 80.8 cm³/mol. The van der Waals surface area contributed by atoms with E-state index in [4.69, 9.17) is 20.9 Å². The molecule has 0 radical (unpaired) electrons. The van der Waals surface area contributed by atoms with Crippen LogP contribution < -0.4 is 20.9 Å². The minimum absolute atomic E-state index is 0.0329. The average Bonchev–Trinajstić information content (AvgIpc) is 2.99. The molecule has 1 heterocycles. The summed E-state index contributed by atoms with van der Waals surface area (Å²) in [7, 11) is 1.56. The summed E-state index contributed by atoms with van der Waals surface area (Å²) in [5.74, 6) is 0.715. The van der Waals surface area contributed by atoms with Gasteiger partial charge in [0.25, 0.3) is 0 Å². The van der Waals surface area contributed by atoms with E-state index in [-0.39, 0.29) is 25.0 Å². The summed E-state index contributed by atoms with van der Waals surface area (Å²) in [5.41, 5.74) is 11.7. The van der Waals surface area contributed by atoms with Gasteiger partial charge in [-0.3, -0.25) is 9.59 Å². The molecular weight excluding hydrogens is 286 g/mol. The highest BCUT2D eigenvalue weighted by atomic mass is 16.7. The molecule has 0 spiro atoms. The van der Waals surface area contributed by atoms with Gasteiger partial charge in [-0.2, -0.15) is 0 Å². The Kier molecular flexibility index (Phi) is 5.35. The van der Waals surface area contributed by atoms with Crippen LogP contribution >= 0.6 is 0 Å². The highest BCUT2D eigenvalue weighted by molar-refractivity contribution is 6.00. The van der Waals surface area contributed by atoms with Gasteiger partial charge in [-0.25, -0.2) is 0 Å². The number of amides is 1. The van der Waals surface area contributed by atoms with Crippen LogP contribution in [0.2, 0.25) is 0 Å². The third kappa shape index (κ3) is 3.75. The second-order valence-electron chi connectivity index (χ2n) is 5.22. The first-order valence-corrected chi connectivity index (χ1v) is 7.16. The number of hydrogen-bond acceptors (Lipinski definition) is 6. The van der Waals surface area contributed by atoms with Crippen molar-refractivity contribution in [3.05, 3.63) is 23.8 Å². The number of benzene rings is 1. The Bertz CT molecular complexity index is 562. The fourth-order valence-electron chi connectivity index (χ4n) is 2.20. The van der Waals surface area contributed by atoms with Crippen LogP contribution in [-0.4, -0.2) is 49.6 Å². The quantitative estimate of drug-likeness (QED) is 0.693. The van der Waals surface area contributed by atoms with Gasteiger partial charge in [0.1, 0.15) is 0 Å². The lowest BCUT2D eigenvalue weighted by Gasteiger charge is -2.20. The van der Waals surface area contributed by atoms with Crippen molar-refractivity contribution in [1.29, 1.82) is 0 Å². The van der Waals surface area contributed by atoms with Crippen molar-refractivity contribution in [2.75, 3.05) is 26.9 Å². The number of ether oxygens (including phenoxy) is 2. The van der Waals surface area contributed by atoms with E-state index in [1.54, 1.807) is 25.2 Å². The molecule has 1 aromatic rings. The smallest absolute Gasteiger partial charge is 0.239 e. The highest BCUT2D eigenvalue weighted by Gasteiger charge is 2.21. The molecule has 120 valence electrons. The van der Waals surface area contributed by atoms with Gasteiger partial charge in [0.15, 0.2) is 17.3 Å². The average molecular weight is 307 g/mol. The maximum Gasteiger partial charge on any atom is 0.239 e. The Morgan fingerprint density at radius 2 is 2.05 bits per heavy atom. The number of carbonyl (C=O) groups is 2. The molecule has 0 aromatic heterocycles. The molecular formula is C15H21N3O4. The monoisotopic (exact) mass is 307 g/mol. The molecule has 0 saturated heterocycles. The zero-order chi connectivity index (χ0) is 16.1. The first-order valence-electron chi connectivity index (χ1n) is 7.16. The number of nitrogens with two attached hydrogens (primary N) is 2. The summed E-state index contributed by atoms with van der Waals surface area (Å²) in [4.78, 5) is 25.7. The van der Waals surface area contributed by atoms with Crippen molar-refractivity contribution < 1.29 is 19.1 Å². The number of hydrogen-bond donors (Lipinski definition) is 2. The van der Waals surface area contributed by atoms with E-state index in [0.29, 0.717) is 36.4 Å². The van der Waals surface area contributed by atoms with Crippen LogP contribution in [0.1, 0.15) is 23.2 Å². The molecule has 0 bridgehead atoms. The normalized spacial score (nSPS) is 13.8. The lowest BCUT2D eigenvalue weighted by Crippen LogP contribution is -2.43. The summed E-state index contributed by atoms with van der Waals surface area (Å²) in [6.07, 6.45) is 1.19. The number of carbonyl (C=O) groups excluding carboxylic acids is 2. The van der Waals surface area contributed by atoms with E-state index in [0.717, 1.165) is 0 Å². The largest absolute Gasteiger partial charge is 0.454 e. The third-order valence-electron chi connectivity index (χ3n) is 3.49. The van der Waals surface area contributed by atoms with E-state index in [1.807, 2.05) is 0 Å². The number of ketones is 1. The molecule has 1 unspecified atom stereocenters. The highest BCUT2D eigenvalue weighted by Crippen LogP contribution is 2.32. The molecule has 1 aromatic carbocycles. The second kappa shape index (κ2) is 7.24. The summed E-state index contributed by atoms with van der Waals surface area (Å²) in [6.45, 7) is 0.608. The summed E-state index contributed by atoms with van der Waals surface area (Å²) in [6, 6.07) is 4.34. The second-order valence-corrected chi connectivity index (χ2v) is 5.22. The Labute approximate surface area is 129 Å². The molecule has 4 N–H and O–H groups in total. The first kappa shape index (κ1) is 16.3. The molecule has 1 aliphatic rings. The van der Waals surface area contributed by atoms with E-state index in [2.05, 4.69) is 0 Å². The van der Waals surface area contributed by atoms with Crippen LogP contribution in [0, 0.1) is 0 Å². The van der Waals surface area contributed by atoms with Gasteiger partial charge in [-0.05, 0) is 37.6 Å². The van der Waals surface area contributed by atoms with Crippen molar-refractivity contribution in [3.63, 3.8) is 0 Å². The molecule has 22 heavy (non-hydrogen) atoms. The summed E-state index contributed by atoms with van der Waals surface area (Å²) in [5, 5.41) is 0. The van der Waals surface area contributed by atoms with E-state index < -0.39 is 6.04 Å². The van der Waals surface area contributed by atoms with Gasteiger partial charge in [0.2, 0.25) is 12.7 Å². The Morgan fingerprint density at radius 3 is 2.77 bits per heavy atom. The standard InChI is InChI=1S/C15H21N3O4/c1-18(15(20)11(17)3-2-6-16)8-12(19)10-4-5-13-14(7-10)22-9-21-13/h4-5,7,11H,2-3,6,8-9,16-17H2,1H3. The van der Waals surface area contributed by atoms with Gasteiger partial charge in [0.05, 0.1) is 12.6 Å². The van der Waals surface area contributed by atoms with Crippen molar-refractivity contribution in [2.45, 2.75) is 18.9 Å². The van der Waals surface area contributed by atoms with Crippen molar-refractivity contribution in [1.82, 2.24) is 4.90 Å². The van der Waals surface area contributed by atoms with Crippen LogP contribution in [0.15, 0.2) is 18.2 Å². The van der Waals surface area contributed by atoms with E-state index in [9.17, 15) is 9.59 Å².